The molecule has 4 heteroatoms. The average molecular weight is 175 g/mol. The number of hydrogen-bond acceptors (Lipinski definition) is 3. The van der Waals surface area contributed by atoms with Gasteiger partial charge < -0.3 is 4.79 Å². The van der Waals surface area contributed by atoms with E-state index in [1.54, 1.807) is 16.9 Å². The number of aldehydes is 1. The number of aromatic nitrogens is 3. The summed E-state index contributed by atoms with van der Waals surface area (Å²) in [5.74, 6) is -0.124. The van der Waals surface area contributed by atoms with Crippen molar-refractivity contribution in [2.24, 2.45) is 0 Å². The molecule has 0 aliphatic heterocycles. The molecule has 2 aromatic heterocycles. The largest absolute Gasteiger partial charge is 0.303 e. The van der Waals surface area contributed by atoms with Crippen LogP contribution in [0.4, 0.5) is 0 Å². The zero-order chi connectivity index (χ0) is 9.26. The molecule has 0 spiro atoms. The molecule has 0 saturated carbocycles. The van der Waals surface area contributed by atoms with E-state index in [1.807, 2.05) is 19.2 Å². The van der Waals surface area contributed by atoms with E-state index in [-0.39, 0.29) is 5.92 Å². The average Bonchev–Trinajstić information content (AvgIpc) is 2.63. The molecule has 0 radical (unpaired) electrons. The summed E-state index contributed by atoms with van der Waals surface area (Å²) in [6.45, 7) is 1.83. The van der Waals surface area contributed by atoms with Crippen LogP contribution in [0.3, 0.4) is 0 Å². The van der Waals surface area contributed by atoms with Crippen molar-refractivity contribution in [2.75, 3.05) is 0 Å². The summed E-state index contributed by atoms with van der Waals surface area (Å²) in [6.07, 6.45) is 6.10. The standard InChI is InChI=1S/C9H9N3O/c1-7(6-13)8-4-10-9-2-3-11-12(9)5-8/h2-7H,1H3. The zero-order valence-corrected chi connectivity index (χ0v) is 7.21. The molecule has 0 saturated heterocycles. The first kappa shape index (κ1) is 7.91. The summed E-state index contributed by atoms with van der Waals surface area (Å²) < 4.78 is 1.66. The van der Waals surface area contributed by atoms with Gasteiger partial charge in [0.05, 0.1) is 6.20 Å². The van der Waals surface area contributed by atoms with Crippen LogP contribution in [0.25, 0.3) is 5.65 Å². The van der Waals surface area contributed by atoms with Gasteiger partial charge in [0.1, 0.15) is 6.29 Å². The van der Waals surface area contributed by atoms with Gasteiger partial charge in [-0.15, -0.1) is 0 Å². The third-order valence-electron chi connectivity index (χ3n) is 2.00. The van der Waals surface area contributed by atoms with E-state index in [4.69, 9.17) is 0 Å². The molecule has 0 amide bonds. The normalized spacial score (nSPS) is 13.0. The van der Waals surface area contributed by atoms with Crippen molar-refractivity contribution in [1.29, 1.82) is 0 Å². The number of hydrogen-bond donors (Lipinski definition) is 0. The molecule has 0 aliphatic carbocycles. The van der Waals surface area contributed by atoms with Crippen LogP contribution in [0.5, 0.6) is 0 Å². The summed E-state index contributed by atoms with van der Waals surface area (Å²) in [5, 5.41) is 4.03. The quantitative estimate of drug-likeness (QED) is 0.640. The summed E-state index contributed by atoms with van der Waals surface area (Å²) >= 11 is 0. The molecule has 0 N–H and O–H groups in total. The number of carbonyl (C=O) groups is 1. The van der Waals surface area contributed by atoms with Crippen LogP contribution in [0.2, 0.25) is 0 Å². The Morgan fingerprint density at radius 3 is 3.23 bits per heavy atom. The Balaban J connectivity index is 2.53. The van der Waals surface area contributed by atoms with Gasteiger partial charge in [0, 0.05) is 24.4 Å². The van der Waals surface area contributed by atoms with E-state index in [2.05, 4.69) is 10.1 Å². The highest BCUT2D eigenvalue weighted by Crippen LogP contribution is 2.11. The van der Waals surface area contributed by atoms with Gasteiger partial charge in [-0.3, -0.25) is 0 Å². The predicted molar refractivity (Wildman–Crippen MR) is 47.5 cm³/mol. The maximum atomic E-state index is 10.5. The first-order valence-electron chi connectivity index (χ1n) is 4.06. The van der Waals surface area contributed by atoms with Crippen LogP contribution in [-0.4, -0.2) is 20.9 Å². The molecule has 2 rings (SSSR count). The van der Waals surface area contributed by atoms with E-state index >= 15 is 0 Å². The third kappa shape index (κ3) is 1.30. The number of rotatable bonds is 2. The van der Waals surface area contributed by atoms with Crippen LogP contribution in [0.15, 0.2) is 24.7 Å². The van der Waals surface area contributed by atoms with E-state index in [1.165, 1.54) is 0 Å². The van der Waals surface area contributed by atoms with Gasteiger partial charge in [0.25, 0.3) is 0 Å². The lowest BCUT2D eigenvalue weighted by atomic mass is 10.1. The third-order valence-corrected chi connectivity index (χ3v) is 2.00. The van der Waals surface area contributed by atoms with E-state index in [0.717, 1.165) is 17.5 Å². The van der Waals surface area contributed by atoms with Crippen LogP contribution < -0.4 is 0 Å². The van der Waals surface area contributed by atoms with Gasteiger partial charge in [-0.1, -0.05) is 6.92 Å². The first-order valence-corrected chi connectivity index (χ1v) is 4.06. The fourth-order valence-electron chi connectivity index (χ4n) is 1.14. The van der Waals surface area contributed by atoms with Crippen molar-refractivity contribution in [3.63, 3.8) is 0 Å². The van der Waals surface area contributed by atoms with Gasteiger partial charge in [-0.25, -0.2) is 9.50 Å². The molecule has 0 aliphatic rings. The molecule has 2 aromatic rings. The molecule has 13 heavy (non-hydrogen) atoms. The van der Waals surface area contributed by atoms with Crippen molar-refractivity contribution in [3.05, 3.63) is 30.2 Å². The lowest BCUT2D eigenvalue weighted by molar-refractivity contribution is -0.108. The Hall–Kier alpha value is -1.71. The number of carbonyl (C=O) groups excluding carboxylic acids is 1. The van der Waals surface area contributed by atoms with Gasteiger partial charge in [0.2, 0.25) is 0 Å². The van der Waals surface area contributed by atoms with E-state index in [9.17, 15) is 4.79 Å². The second kappa shape index (κ2) is 2.97. The maximum Gasteiger partial charge on any atom is 0.154 e. The van der Waals surface area contributed by atoms with Gasteiger partial charge in [0.15, 0.2) is 5.65 Å². The summed E-state index contributed by atoms with van der Waals surface area (Å²) in [4.78, 5) is 14.7. The minimum Gasteiger partial charge on any atom is -0.303 e. The molecule has 0 fully saturated rings. The second-order valence-corrected chi connectivity index (χ2v) is 2.95. The number of fused-ring (bicyclic) bond motifs is 1. The van der Waals surface area contributed by atoms with E-state index in [0.29, 0.717) is 0 Å². The van der Waals surface area contributed by atoms with Crippen molar-refractivity contribution < 1.29 is 4.79 Å². The first-order chi connectivity index (χ1) is 6.31. The zero-order valence-electron chi connectivity index (χ0n) is 7.21. The van der Waals surface area contributed by atoms with Crippen molar-refractivity contribution in [3.8, 4) is 0 Å². The molecular formula is C9H9N3O. The fraction of sp³-hybridized carbons (Fsp3) is 0.222. The summed E-state index contributed by atoms with van der Waals surface area (Å²) in [5.41, 5.74) is 1.67. The smallest absolute Gasteiger partial charge is 0.154 e. The lowest BCUT2D eigenvalue weighted by Gasteiger charge is -2.02. The highest BCUT2D eigenvalue weighted by molar-refractivity contribution is 5.61. The molecular weight excluding hydrogens is 166 g/mol. The molecule has 4 nitrogen and oxygen atoms in total. The minimum atomic E-state index is -0.124. The second-order valence-electron chi connectivity index (χ2n) is 2.95. The van der Waals surface area contributed by atoms with Crippen LogP contribution in [-0.2, 0) is 4.79 Å². The molecule has 1 unspecified atom stereocenters. The Labute approximate surface area is 75.2 Å². The van der Waals surface area contributed by atoms with Gasteiger partial charge in [-0.05, 0) is 5.56 Å². The Bertz CT molecular complexity index is 435. The van der Waals surface area contributed by atoms with Crippen molar-refractivity contribution in [1.82, 2.24) is 14.6 Å². The monoisotopic (exact) mass is 175 g/mol. The van der Waals surface area contributed by atoms with E-state index < -0.39 is 0 Å². The molecule has 0 bridgehead atoms. The molecule has 2 heterocycles. The van der Waals surface area contributed by atoms with Crippen LogP contribution in [0, 0.1) is 0 Å². The SMILES string of the molecule is CC(C=O)c1cnc2ccnn2c1. The Kier molecular flexibility index (Phi) is 1.81. The topological polar surface area (TPSA) is 47.3 Å². The summed E-state index contributed by atoms with van der Waals surface area (Å²) in [7, 11) is 0. The fourth-order valence-corrected chi connectivity index (χ4v) is 1.14. The van der Waals surface area contributed by atoms with Crippen molar-refractivity contribution in [2.45, 2.75) is 12.8 Å². The highest BCUT2D eigenvalue weighted by atomic mass is 16.1. The highest BCUT2D eigenvalue weighted by Gasteiger charge is 2.05. The van der Waals surface area contributed by atoms with Crippen molar-refractivity contribution >= 4 is 11.9 Å². The lowest BCUT2D eigenvalue weighted by Crippen LogP contribution is -1.99. The molecule has 1 atom stereocenters. The molecule has 0 aromatic carbocycles. The Morgan fingerprint density at radius 1 is 1.62 bits per heavy atom. The number of nitrogens with zero attached hydrogens (tertiary/aromatic N) is 3. The van der Waals surface area contributed by atoms with Gasteiger partial charge in [-0.2, -0.15) is 5.10 Å². The summed E-state index contributed by atoms with van der Waals surface area (Å²) in [6, 6.07) is 1.81. The van der Waals surface area contributed by atoms with Crippen LogP contribution in [0.1, 0.15) is 18.4 Å². The minimum absolute atomic E-state index is 0.124. The molecule has 66 valence electrons. The van der Waals surface area contributed by atoms with Gasteiger partial charge >= 0.3 is 0 Å². The Morgan fingerprint density at radius 2 is 2.46 bits per heavy atom. The maximum absolute atomic E-state index is 10.5. The predicted octanol–water partition coefficient (Wildman–Crippen LogP) is 1.03. The van der Waals surface area contributed by atoms with Crippen LogP contribution >= 0.6 is 0 Å².